The van der Waals surface area contributed by atoms with Crippen LogP contribution >= 0.6 is 0 Å². The van der Waals surface area contributed by atoms with Gasteiger partial charge in [0.2, 0.25) is 0 Å². The van der Waals surface area contributed by atoms with Crippen LogP contribution in [0.2, 0.25) is 0 Å². The summed E-state index contributed by atoms with van der Waals surface area (Å²) in [5, 5.41) is 31.6. The van der Waals surface area contributed by atoms with E-state index in [4.69, 9.17) is 0 Å². The summed E-state index contributed by atoms with van der Waals surface area (Å²) in [5.41, 5.74) is 15.9. The SMILES string of the molecule is Cc1ccccc1N([CH-]Nc1cc(-c2ccccc2-n2c3ccccc3c3ccccc32)ccc1O)CN1[CH-]N(c2cc(-c3ccccc3-n3c4ccccc4c4ccccc43)ccc2O)c2ccccc21.[Pt+2]. The number of hydrogen-bond acceptors (Lipinski definition) is 6. The standard InChI is InChI=1S/C64H48N6O2.Pt/c1-43-18-2-9-25-53(43)66(40-65-52-38-44(34-36-63(52)71)46-19-3-10-26-54(46)69-56-28-12-5-21-48(56)49-22-6-13-29-57(49)69)41-67-42-68(61-33-17-16-32-60(61)67)62-39-45(35-37-64(62)72)47-20-4-11-27-55(47)70-58-30-14-7-23-50(58)51-24-8-15-31-59(51)70;/h2-40,42,65,71-72H,41H2,1H3;/q-2;+2. The smallest absolute Gasteiger partial charge is 0.513 e. The fourth-order valence-electron chi connectivity index (χ4n) is 10.8. The fraction of sp³-hybridized carbons (Fsp3) is 0.0312. The Kier molecular flexibility index (Phi) is 11.7. The van der Waals surface area contributed by atoms with Crippen LogP contribution in [0.5, 0.6) is 11.5 Å². The third-order valence-electron chi connectivity index (χ3n) is 14.1. The first-order valence-electron chi connectivity index (χ1n) is 24.2. The molecule has 10 aromatic carbocycles. The third kappa shape index (κ3) is 7.83. The average Bonchev–Trinajstić information content (AvgIpc) is 4.08. The van der Waals surface area contributed by atoms with Gasteiger partial charge in [0.25, 0.3) is 0 Å². The van der Waals surface area contributed by atoms with Gasteiger partial charge in [0.1, 0.15) is 11.5 Å². The molecule has 0 spiro atoms. The van der Waals surface area contributed by atoms with Gasteiger partial charge in [0, 0.05) is 62.1 Å². The second-order valence-corrected chi connectivity index (χ2v) is 18.3. The minimum Gasteiger partial charge on any atom is -0.513 e. The number of benzene rings is 10. The molecule has 1 aliphatic rings. The van der Waals surface area contributed by atoms with Gasteiger partial charge in [-0.25, -0.2) is 0 Å². The first-order valence-corrected chi connectivity index (χ1v) is 24.2. The molecule has 3 N–H and O–H groups in total. The number of aromatic hydroxyl groups is 2. The van der Waals surface area contributed by atoms with Crippen LogP contribution in [-0.4, -0.2) is 26.0 Å². The third-order valence-corrected chi connectivity index (χ3v) is 14.1. The first-order chi connectivity index (χ1) is 35.5. The van der Waals surface area contributed by atoms with E-state index in [1.54, 1.807) is 12.1 Å². The second-order valence-electron chi connectivity index (χ2n) is 18.3. The summed E-state index contributed by atoms with van der Waals surface area (Å²) >= 11 is 0. The molecule has 1 aliphatic heterocycles. The number of aromatic nitrogens is 2. The van der Waals surface area contributed by atoms with Gasteiger partial charge in [0.15, 0.2) is 0 Å². The maximum absolute atomic E-state index is 11.8. The molecule has 8 nitrogen and oxygen atoms in total. The molecule has 0 bridgehead atoms. The normalized spacial score (nSPS) is 12.2. The van der Waals surface area contributed by atoms with Crippen molar-refractivity contribution in [2.45, 2.75) is 6.92 Å². The number of aryl methyl sites for hydroxylation is 1. The van der Waals surface area contributed by atoms with Crippen molar-refractivity contribution in [3.05, 3.63) is 249 Å². The monoisotopic (exact) mass is 1130 g/mol. The molecule has 9 heteroatoms. The van der Waals surface area contributed by atoms with Gasteiger partial charge in [0.05, 0.1) is 39.1 Å². The van der Waals surface area contributed by atoms with Crippen LogP contribution in [0.3, 0.4) is 0 Å². The summed E-state index contributed by atoms with van der Waals surface area (Å²) in [5.74, 6) is 0.300. The zero-order chi connectivity index (χ0) is 48.3. The Bertz CT molecular complexity index is 3940. The molecular weight excluding hydrogens is 1080 g/mol. The molecule has 0 saturated carbocycles. The molecule has 0 amide bonds. The van der Waals surface area contributed by atoms with Gasteiger partial charge >= 0.3 is 21.1 Å². The van der Waals surface area contributed by atoms with E-state index < -0.39 is 0 Å². The number of anilines is 5. The van der Waals surface area contributed by atoms with Gasteiger partial charge in [-0.15, -0.1) is 6.67 Å². The maximum atomic E-state index is 11.8. The summed E-state index contributed by atoms with van der Waals surface area (Å²) in [7, 11) is 0. The maximum Gasteiger partial charge on any atom is 2.00 e. The molecule has 2 aromatic heterocycles. The summed E-state index contributed by atoms with van der Waals surface area (Å²) in [6.45, 7) is 6.50. The van der Waals surface area contributed by atoms with Gasteiger partial charge < -0.3 is 39.4 Å². The van der Waals surface area contributed by atoms with Crippen molar-refractivity contribution in [2.24, 2.45) is 0 Å². The predicted octanol–water partition coefficient (Wildman–Crippen LogP) is 15.7. The van der Waals surface area contributed by atoms with Crippen molar-refractivity contribution in [3.63, 3.8) is 0 Å². The number of phenols is 2. The van der Waals surface area contributed by atoms with Crippen LogP contribution < -0.4 is 20.0 Å². The molecule has 3 heterocycles. The Hall–Kier alpha value is -8.71. The van der Waals surface area contributed by atoms with Crippen LogP contribution in [0.4, 0.5) is 28.4 Å². The molecule has 0 aliphatic carbocycles. The Morgan fingerprint density at radius 2 is 0.890 bits per heavy atom. The van der Waals surface area contributed by atoms with Crippen LogP contribution in [-0.2, 0) is 21.1 Å². The molecule has 0 radical (unpaired) electrons. The van der Waals surface area contributed by atoms with Gasteiger partial charge in [-0.3, -0.25) is 0 Å². The minimum atomic E-state index is 0. The van der Waals surface area contributed by atoms with Gasteiger partial charge in [-0.05, 0) is 102 Å². The number of para-hydroxylation sites is 9. The van der Waals surface area contributed by atoms with Crippen molar-refractivity contribution in [1.29, 1.82) is 0 Å². The average molecular weight is 1130 g/mol. The Labute approximate surface area is 438 Å². The number of rotatable bonds is 11. The van der Waals surface area contributed by atoms with Crippen molar-refractivity contribution in [3.8, 4) is 45.1 Å². The summed E-state index contributed by atoms with van der Waals surface area (Å²) in [6, 6.07) is 79.3. The van der Waals surface area contributed by atoms with E-state index in [0.29, 0.717) is 18.0 Å². The molecule has 356 valence electrons. The predicted molar refractivity (Wildman–Crippen MR) is 298 cm³/mol. The molecule has 73 heavy (non-hydrogen) atoms. The quantitative estimate of drug-likeness (QED) is 0.0885. The fourth-order valence-corrected chi connectivity index (χ4v) is 10.8. The van der Waals surface area contributed by atoms with E-state index in [-0.39, 0.29) is 32.6 Å². The largest absolute Gasteiger partial charge is 2.00 e. The summed E-state index contributed by atoms with van der Waals surface area (Å²) in [6.07, 6.45) is 0. The topological polar surface area (TPSA) is 72.1 Å². The van der Waals surface area contributed by atoms with Gasteiger partial charge in [-0.1, -0.05) is 152 Å². The molecule has 0 atom stereocenters. The van der Waals surface area contributed by atoms with Crippen molar-refractivity contribution in [2.75, 3.05) is 26.7 Å². The Balaban J connectivity index is 0.00000543. The Morgan fingerprint density at radius 3 is 1.44 bits per heavy atom. The first kappa shape index (κ1) is 45.4. The number of nitrogens with one attached hydrogen (secondary N) is 1. The van der Waals surface area contributed by atoms with Crippen LogP contribution in [0, 0.1) is 20.3 Å². The molecule has 0 unspecified atom stereocenters. The molecule has 0 saturated heterocycles. The van der Waals surface area contributed by atoms with Crippen molar-refractivity contribution in [1.82, 2.24) is 9.13 Å². The van der Waals surface area contributed by atoms with E-state index >= 15 is 0 Å². The van der Waals surface area contributed by atoms with Crippen molar-refractivity contribution < 1.29 is 31.3 Å². The number of hydrogen-bond donors (Lipinski definition) is 3. The minimum absolute atomic E-state index is 0. The summed E-state index contributed by atoms with van der Waals surface area (Å²) < 4.78 is 4.68. The van der Waals surface area contributed by atoms with E-state index in [1.165, 1.54) is 21.5 Å². The van der Waals surface area contributed by atoms with Crippen LogP contribution in [0.25, 0.3) is 77.2 Å². The summed E-state index contributed by atoms with van der Waals surface area (Å²) in [4.78, 5) is 6.42. The van der Waals surface area contributed by atoms with Crippen molar-refractivity contribution >= 4 is 72.0 Å². The number of fused-ring (bicyclic) bond motifs is 7. The molecule has 12 aromatic rings. The Morgan fingerprint density at radius 1 is 0.452 bits per heavy atom. The molecular formula is C64H48N6O2Pt. The van der Waals surface area contributed by atoms with E-state index in [0.717, 1.165) is 78.3 Å². The number of phenolic OH excluding ortho intramolecular Hbond substituents is 2. The van der Waals surface area contributed by atoms with Gasteiger partial charge in [-0.2, -0.15) is 6.67 Å². The van der Waals surface area contributed by atoms with E-state index in [2.05, 4.69) is 219 Å². The van der Waals surface area contributed by atoms with E-state index in [9.17, 15) is 10.2 Å². The zero-order valence-corrected chi connectivity index (χ0v) is 42.0. The van der Waals surface area contributed by atoms with Crippen LogP contribution in [0.1, 0.15) is 5.56 Å². The molecule has 0 fully saturated rings. The second kappa shape index (κ2) is 18.8. The molecule has 13 rings (SSSR count). The van der Waals surface area contributed by atoms with Crippen LogP contribution in [0.15, 0.2) is 231 Å². The van der Waals surface area contributed by atoms with E-state index in [1.807, 2.05) is 49.1 Å². The number of nitrogens with zero attached hydrogens (tertiary/aromatic N) is 5. The zero-order valence-electron chi connectivity index (χ0n) is 39.7.